The average Bonchev–Trinajstić information content (AvgIpc) is 3.59. The highest BCUT2D eigenvalue weighted by molar-refractivity contribution is 5.91. The summed E-state index contributed by atoms with van der Waals surface area (Å²) >= 11 is 0. The van der Waals surface area contributed by atoms with Crippen molar-refractivity contribution >= 4 is 23.1 Å². The lowest BCUT2D eigenvalue weighted by Crippen LogP contribution is -2.29. The molecule has 5 rings (SSSR count). The molecular formula is C25H23F3N6O2. The quantitative estimate of drug-likeness (QED) is 0.389. The van der Waals surface area contributed by atoms with Crippen LogP contribution in [0.1, 0.15) is 42.8 Å². The summed E-state index contributed by atoms with van der Waals surface area (Å²) in [6.45, 7) is 1.63. The number of para-hydroxylation sites is 1. The van der Waals surface area contributed by atoms with E-state index in [0.717, 1.165) is 25.0 Å². The van der Waals surface area contributed by atoms with Gasteiger partial charge in [-0.05, 0) is 49.6 Å². The Hall–Kier alpha value is -4.15. The van der Waals surface area contributed by atoms with Crippen LogP contribution in [-0.4, -0.2) is 25.1 Å². The highest BCUT2D eigenvalue weighted by Crippen LogP contribution is 2.38. The summed E-state index contributed by atoms with van der Waals surface area (Å²) in [5.74, 6) is 0.468. The number of halogens is 3. The molecular weight excluding hydrogens is 473 g/mol. The summed E-state index contributed by atoms with van der Waals surface area (Å²) in [6.07, 6.45) is -2.21. The lowest BCUT2D eigenvalue weighted by atomic mass is 10.0. The molecule has 8 nitrogen and oxygen atoms in total. The van der Waals surface area contributed by atoms with Crippen molar-refractivity contribution in [2.75, 3.05) is 11.1 Å². The molecule has 186 valence electrons. The number of nitrogens with one attached hydrogen (secondary N) is 1. The van der Waals surface area contributed by atoms with E-state index in [2.05, 4.69) is 15.4 Å². The first kappa shape index (κ1) is 23.6. The van der Waals surface area contributed by atoms with E-state index < -0.39 is 17.6 Å². The molecule has 0 radical (unpaired) electrons. The molecule has 1 amide bonds. The summed E-state index contributed by atoms with van der Waals surface area (Å²) < 4.78 is 41.4. The number of benzene rings is 2. The maximum atomic E-state index is 13.6. The van der Waals surface area contributed by atoms with Gasteiger partial charge in [0.05, 0.1) is 11.1 Å². The first-order valence-corrected chi connectivity index (χ1v) is 11.5. The van der Waals surface area contributed by atoms with Gasteiger partial charge >= 0.3 is 6.18 Å². The van der Waals surface area contributed by atoms with Crippen LogP contribution in [0.4, 0.5) is 24.5 Å². The second-order valence-corrected chi connectivity index (χ2v) is 8.73. The Morgan fingerprint density at radius 2 is 1.83 bits per heavy atom. The van der Waals surface area contributed by atoms with E-state index in [1.807, 2.05) is 6.92 Å². The smallest absolute Gasteiger partial charge is 0.398 e. The molecule has 3 N–H and O–H groups in total. The van der Waals surface area contributed by atoms with Gasteiger partial charge in [-0.25, -0.2) is 0 Å². The van der Waals surface area contributed by atoms with E-state index in [4.69, 9.17) is 5.73 Å². The Balaban J connectivity index is 1.58. The van der Waals surface area contributed by atoms with Gasteiger partial charge in [-0.15, -0.1) is 5.10 Å². The first-order chi connectivity index (χ1) is 17.2. The topological polar surface area (TPSA) is 107 Å². The fourth-order valence-corrected chi connectivity index (χ4v) is 4.25. The zero-order valence-electron chi connectivity index (χ0n) is 19.3. The standard InChI is InChI=1S/C25H23F3N6O2/c1-2-19-21(17-5-3-4-6-18(17)29)23(36)34-24(31-22(32-34)14-7-8-14)33(19)13-20(35)30-16-11-9-15(10-12-16)25(26,27)28/h3-6,9-12,14H,2,7-8,13,29H2,1H3,(H,30,35). The van der Waals surface area contributed by atoms with Crippen LogP contribution in [0.5, 0.6) is 0 Å². The number of amides is 1. The minimum absolute atomic E-state index is 0.175. The second kappa shape index (κ2) is 8.81. The summed E-state index contributed by atoms with van der Waals surface area (Å²) in [5.41, 5.74) is 7.06. The number of fused-ring (bicyclic) bond motifs is 1. The number of hydrogen-bond acceptors (Lipinski definition) is 5. The van der Waals surface area contributed by atoms with Crippen molar-refractivity contribution in [1.82, 2.24) is 19.2 Å². The zero-order chi connectivity index (χ0) is 25.6. The molecule has 1 saturated carbocycles. The molecule has 1 fully saturated rings. The number of aromatic nitrogens is 4. The molecule has 0 atom stereocenters. The van der Waals surface area contributed by atoms with Crippen LogP contribution in [0.25, 0.3) is 16.9 Å². The van der Waals surface area contributed by atoms with E-state index >= 15 is 0 Å². The van der Waals surface area contributed by atoms with Crippen LogP contribution in [0.2, 0.25) is 0 Å². The molecule has 1 aliphatic rings. The highest BCUT2D eigenvalue weighted by Gasteiger charge is 2.31. The molecule has 0 bridgehead atoms. The van der Waals surface area contributed by atoms with Crippen molar-refractivity contribution in [3.8, 4) is 11.1 Å². The fourth-order valence-electron chi connectivity index (χ4n) is 4.25. The predicted octanol–water partition coefficient (Wildman–Crippen LogP) is 4.24. The number of nitrogen functional groups attached to an aromatic ring is 1. The van der Waals surface area contributed by atoms with Gasteiger partial charge < -0.3 is 15.6 Å². The number of hydrogen-bond donors (Lipinski definition) is 2. The van der Waals surface area contributed by atoms with Gasteiger partial charge in [0.1, 0.15) is 6.54 Å². The van der Waals surface area contributed by atoms with Crippen LogP contribution in [0.3, 0.4) is 0 Å². The largest absolute Gasteiger partial charge is 0.416 e. The maximum Gasteiger partial charge on any atom is 0.416 e. The third kappa shape index (κ3) is 4.32. The third-order valence-electron chi connectivity index (χ3n) is 6.17. The summed E-state index contributed by atoms with van der Waals surface area (Å²) in [5, 5.41) is 7.07. The Kier molecular flexibility index (Phi) is 5.77. The SMILES string of the molecule is CCc1c(-c2ccccc2N)c(=O)n2nc(C3CC3)nc2n1CC(=O)Nc1ccc(C(F)(F)F)cc1. The molecule has 2 aromatic heterocycles. The molecule has 0 spiro atoms. The summed E-state index contributed by atoms with van der Waals surface area (Å²) in [6, 6.07) is 11.2. The van der Waals surface area contributed by atoms with Gasteiger partial charge in [0.25, 0.3) is 5.56 Å². The number of nitrogens with two attached hydrogens (primary N) is 1. The fraction of sp³-hybridized carbons (Fsp3) is 0.280. The van der Waals surface area contributed by atoms with E-state index in [1.54, 1.807) is 28.8 Å². The number of anilines is 2. The Bertz CT molecular complexity index is 1520. The van der Waals surface area contributed by atoms with Crippen molar-refractivity contribution in [2.45, 2.75) is 44.8 Å². The van der Waals surface area contributed by atoms with Crippen LogP contribution in [0.15, 0.2) is 53.3 Å². The third-order valence-corrected chi connectivity index (χ3v) is 6.17. The Labute approximate surface area is 203 Å². The van der Waals surface area contributed by atoms with Crippen molar-refractivity contribution in [2.24, 2.45) is 0 Å². The minimum Gasteiger partial charge on any atom is -0.398 e. The molecule has 2 heterocycles. The van der Waals surface area contributed by atoms with Gasteiger partial charge in [-0.2, -0.15) is 22.7 Å². The first-order valence-electron chi connectivity index (χ1n) is 11.5. The van der Waals surface area contributed by atoms with Gasteiger partial charge in [0.15, 0.2) is 5.82 Å². The number of rotatable bonds is 6. The van der Waals surface area contributed by atoms with E-state index in [9.17, 15) is 22.8 Å². The van der Waals surface area contributed by atoms with Crippen LogP contribution < -0.4 is 16.6 Å². The van der Waals surface area contributed by atoms with Gasteiger partial charge in [-0.1, -0.05) is 25.1 Å². The molecule has 11 heteroatoms. The lowest BCUT2D eigenvalue weighted by Gasteiger charge is -2.18. The maximum absolute atomic E-state index is 13.6. The van der Waals surface area contributed by atoms with Crippen molar-refractivity contribution in [3.05, 3.63) is 76.0 Å². The zero-order valence-corrected chi connectivity index (χ0v) is 19.3. The van der Waals surface area contributed by atoms with Crippen molar-refractivity contribution in [1.29, 1.82) is 0 Å². The van der Waals surface area contributed by atoms with Gasteiger partial charge in [-0.3, -0.25) is 9.59 Å². The molecule has 1 aliphatic carbocycles. The number of carbonyl (C=O) groups is 1. The van der Waals surface area contributed by atoms with Crippen LogP contribution >= 0.6 is 0 Å². The van der Waals surface area contributed by atoms with E-state index in [1.165, 1.54) is 16.6 Å². The van der Waals surface area contributed by atoms with Crippen LogP contribution in [0, 0.1) is 0 Å². The highest BCUT2D eigenvalue weighted by atomic mass is 19.4. The number of alkyl halides is 3. The minimum atomic E-state index is -4.47. The molecule has 2 aromatic carbocycles. The van der Waals surface area contributed by atoms with E-state index in [-0.39, 0.29) is 29.5 Å². The monoisotopic (exact) mass is 496 g/mol. The average molecular weight is 496 g/mol. The predicted molar refractivity (Wildman–Crippen MR) is 129 cm³/mol. The normalized spacial score (nSPS) is 13.8. The Morgan fingerprint density at radius 1 is 1.14 bits per heavy atom. The van der Waals surface area contributed by atoms with Crippen molar-refractivity contribution < 1.29 is 18.0 Å². The Morgan fingerprint density at radius 3 is 2.44 bits per heavy atom. The lowest BCUT2D eigenvalue weighted by molar-refractivity contribution is -0.137. The van der Waals surface area contributed by atoms with Crippen LogP contribution in [-0.2, 0) is 23.9 Å². The molecule has 4 aromatic rings. The summed E-state index contributed by atoms with van der Waals surface area (Å²) in [4.78, 5) is 31.2. The van der Waals surface area contributed by atoms with E-state index in [0.29, 0.717) is 34.8 Å². The molecule has 0 aliphatic heterocycles. The number of nitrogens with zero attached hydrogens (tertiary/aromatic N) is 4. The number of carbonyl (C=O) groups excluding carboxylic acids is 1. The van der Waals surface area contributed by atoms with Crippen molar-refractivity contribution in [3.63, 3.8) is 0 Å². The second-order valence-electron chi connectivity index (χ2n) is 8.73. The molecule has 0 saturated heterocycles. The summed E-state index contributed by atoms with van der Waals surface area (Å²) in [7, 11) is 0. The van der Waals surface area contributed by atoms with Gasteiger partial charge in [0.2, 0.25) is 11.7 Å². The molecule has 0 unspecified atom stereocenters. The van der Waals surface area contributed by atoms with Gasteiger partial charge in [0, 0.05) is 28.6 Å². The molecule has 36 heavy (non-hydrogen) atoms.